The zero-order valence-corrected chi connectivity index (χ0v) is 20.2. The Morgan fingerprint density at radius 2 is 1.18 bits per heavy atom. The van der Waals surface area contributed by atoms with E-state index >= 15 is 0 Å². The molecule has 0 aliphatic rings. The van der Waals surface area contributed by atoms with Gasteiger partial charge in [-0.1, -0.05) is 26.3 Å². The summed E-state index contributed by atoms with van der Waals surface area (Å²) in [6, 6.07) is 0. The van der Waals surface area contributed by atoms with Crippen molar-refractivity contribution in [3.8, 4) is 0 Å². The monoisotopic (exact) mass is 470 g/mol. The third-order valence-electron chi connectivity index (χ3n) is 3.20. The van der Waals surface area contributed by atoms with Crippen molar-refractivity contribution in [3.63, 3.8) is 0 Å². The van der Waals surface area contributed by atoms with E-state index in [4.69, 9.17) is 14.6 Å². The number of hydrogen-bond donors (Lipinski definition) is 1. The van der Waals surface area contributed by atoms with Crippen molar-refractivity contribution < 1.29 is 43.2 Å². The van der Waals surface area contributed by atoms with Crippen molar-refractivity contribution in [3.05, 3.63) is 49.6 Å². The van der Waals surface area contributed by atoms with E-state index < -0.39 is 12.1 Å². The average Bonchev–Trinajstić information content (AvgIpc) is 2.78. The van der Waals surface area contributed by atoms with Gasteiger partial charge in [0.05, 0.1) is 26.4 Å². The van der Waals surface area contributed by atoms with Gasteiger partial charge in [0.1, 0.15) is 6.61 Å². The summed E-state index contributed by atoms with van der Waals surface area (Å²) in [4.78, 5) is 42.1. The van der Waals surface area contributed by atoms with Gasteiger partial charge in [-0.05, 0) is 46.5 Å². The highest BCUT2D eigenvalue weighted by Crippen LogP contribution is 2.01. The number of carbonyl (C=O) groups excluding carboxylic acids is 4. The first-order chi connectivity index (χ1) is 15.4. The summed E-state index contributed by atoms with van der Waals surface area (Å²) < 4.78 is 18.4. The molecular weight excluding hydrogens is 432 g/mol. The predicted octanol–water partition coefficient (Wildman–Crippen LogP) is 3.23. The van der Waals surface area contributed by atoms with E-state index in [0.717, 1.165) is 37.8 Å². The lowest BCUT2D eigenvalue weighted by Gasteiger charge is -2.04. The molecule has 1 atom stereocenters. The van der Waals surface area contributed by atoms with E-state index in [1.165, 1.54) is 7.11 Å². The Hall–Kier alpha value is -3.20. The molecule has 33 heavy (non-hydrogen) atoms. The molecule has 0 aliphatic carbocycles. The fourth-order valence-corrected chi connectivity index (χ4v) is 1.51. The molecule has 1 unspecified atom stereocenters. The highest BCUT2D eigenvalue weighted by Gasteiger charge is 2.04. The standard InChI is InChI=1S/C12H18O4.C7H12O3.C5H8O2/c1-3-11(13)15-9-7-5-6-8-10-16-12(14)4-2;1-5(2)7(9)10-4-6(3)8;1-4(2)5(6)7-3/h3-4H,1-2,5-10H2;6,8H,1,4H2,2-3H3;1H2,2-3H3. The summed E-state index contributed by atoms with van der Waals surface area (Å²) >= 11 is 0. The van der Waals surface area contributed by atoms with Gasteiger partial charge in [0.25, 0.3) is 0 Å². The lowest BCUT2D eigenvalue weighted by atomic mass is 10.2. The summed E-state index contributed by atoms with van der Waals surface area (Å²) in [6.45, 7) is 18.9. The molecule has 0 aliphatic heterocycles. The smallest absolute Gasteiger partial charge is 0.333 e. The van der Waals surface area contributed by atoms with Crippen LogP contribution in [-0.4, -0.2) is 62.0 Å². The van der Waals surface area contributed by atoms with Gasteiger partial charge in [-0.3, -0.25) is 0 Å². The molecule has 0 radical (unpaired) electrons. The molecule has 9 nitrogen and oxygen atoms in total. The molecule has 188 valence electrons. The molecule has 0 rings (SSSR count). The van der Waals surface area contributed by atoms with Crippen molar-refractivity contribution in [2.75, 3.05) is 26.9 Å². The summed E-state index contributed by atoms with van der Waals surface area (Å²) in [5.74, 6) is -1.58. The summed E-state index contributed by atoms with van der Waals surface area (Å²) in [7, 11) is 1.33. The third kappa shape index (κ3) is 28.8. The minimum Gasteiger partial charge on any atom is -0.466 e. The summed E-state index contributed by atoms with van der Waals surface area (Å²) in [5.41, 5.74) is 0.781. The zero-order valence-electron chi connectivity index (χ0n) is 20.2. The number of aliphatic hydroxyl groups is 1. The first-order valence-electron chi connectivity index (χ1n) is 10.3. The van der Waals surface area contributed by atoms with Crippen LogP contribution in [0.5, 0.6) is 0 Å². The van der Waals surface area contributed by atoms with Crippen LogP contribution < -0.4 is 0 Å². The van der Waals surface area contributed by atoms with Crippen LogP contribution in [0.3, 0.4) is 0 Å². The van der Waals surface area contributed by atoms with Crippen LogP contribution in [-0.2, 0) is 38.1 Å². The maximum absolute atomic E-state index is 10.6. The molecule has 0 amide bonds. The number of carbonyl (C=O) groups is 4. The Bertz CT molecular complexity index is 622. The Balaban J connectivity index is -0.000000451. The molecule has 0 saturated carbocycles. The second kappa shape index (κ2) is 23.5. The molecule has 0 aromatic heterocycles. The van der Waals surface area contributed by atoms with Crippen LogP contribution in [0, 0.1) is 0 Å². The Morgan fingerprint density at radius 1 is 0.788 bits per heavy atom. The van der Waals surface area contributed by atoms with Crippen molar-refractivity contribution in [1.82, 2.24) is 0 Å². The SMILES string of the molecule is C=C(C)C(=O)OC.C=C(C)C(=O)OCC(C)O.C=CC(=O)OCCCCCCOC(=O)C=C. The normalized spacial score (nSPS) is 9.85. The summed E-state index contributed by atoms with van der Waals surface area (Å²) in [5, 5.41) is 8.68. The number of methoxy groups -OCH3 is 1. The summed E-state index contributed by atoms with van der Waals surface area (Å²) in [6.07, 6.45) is 5.20. The van der Waals surface area contributed by atoms with Gasteiger partial charge in [-0.2, -0.15) is 0 Å². The first-order valence-corrected chi connectivity index (χ1v) is 10.3. The van der Waals surface area contributed by atoms with Crippen LogP contribution in [0.4, 0.5) is 0 Å². The average molecular weight is 471 g/mol. The van der Waals surface area contributed by atoms with Crippen molar-refractivity contribution >= 4 is 23.9 Å². The zero-order chi connectivity index (χ0) is 26.2. The van der Waals surface area contributed by atoms with E-state index in [9.17, 15) is 19.2 Å². The molecule has 0 saturated heterocycles. The van der Waals surface area contributed by atoms with Crippen molar-refractivity contribution in [1.29, 1.82) is 0 Å². The lowest BCUT2D eigenvalue weighted by molar-refractivity contribution is -0.141. The van der Waals surface area contributed by atoms with E-state index in [-0.39, 0.29) is 24.5 Å². The van der Waals surface area contributed by atoms with Gasteiger partial charge in [0, 0.05) is 23.3 Å². The molecule has 0 heterocycles. The number of ether oxygens (including phenoxy) is 4. The molecule has 0 spiro atoms. The van der Waals surface area contributed by atoms with Crippen molar-refractivity contribution in [2.45, 2.75) is 52.6 Å². The van der Waals surface area contributed by atoms with Gasteiger partial charge in [0.2, 0.25) is 0 Å². The Morgan fingerprint density at radius 3 is 1.42 bits per heavy atom. The molecule has 0 aromatic carbocycles. The van der Waals surface area contributed by atoms with Crippen molar-refractivity contribution in [2.24, 2.45) is 0 Å². The molecule has 9 heteroatoms. The largest absolute Gasteiger partial charge is 0.466 e. The highest BCUT2D eigenvalue weighted by molar-refractivity contribution is 5.87. The van der Waals surface area contributed by atoms with Crippen LogP contribution in [0.25, 0.3) is 0 Å². The van der Waals surface area contributed by atoms with Gasteiger partial charge in [0.15, 0.2) is 0 Å². The Kier molecular flexibility index (Phi) is 24.5. The highest BCUT2D eigenvalue weighted by atomic mass is 16.5. The predicted molar refractivity (Wildman–Crippen MR) is 125 cm³/mol. The fourth-order valence-electron chi connectivity index (χ4n) is 1.51. The van der Waals surface area contributed by atoms with Gasteiger partial charge in [-0.15, -0.1) is 0 Å². The molecule has 0 bridgehead atoms. The maximum Gasteiger partial charge on any atom is 0.333 e. The van der Waals surface area contributed by atoms with Crippen LogP contribution in [0.15, 0.2) is 49.6 Å². The number of hydrogen-bond acceptors (Lipinski definition) is 9. The first kappa shape index (κ1) is 34.4. The second-order valence-electron chi connectivity index (χ2n) is 6.66. The minimum atomic E-state index is -0.608. The third-order valence-corrected chi connectivity index (χ3v) is 3.20. The number of unbranched alkanes of at least 4 members (excludes halogenated alkanes) is 3. The van der Waals surface area contributed by atoms with E-state index in [0.29, 0.717) is 24.4 Å². The van der Waals surface area contributed by atoms with E-state index in [1.54, 1.807) is 20.8 Å². The number of rotatable bonds is 13. The molecule has 0 fully saturated rings. The quantitative estimate of drug-likeness (QED) is 0.187. The molecule has 1 N–H and O–H groups in total. The topological polar surface area (TPSA) is 125 Å². The van der Waals surface area contributed by atoms with E-state index in [2.05, 4.69) is 35.8 Å². The fraction of sp³-hybridized carbons (Fsp3) is 0.500. The van der Waals surface area contributed by atoms with Gasteiger partial charge in [-0.25, -0.2) is 19.2 Å². The van der Waals surface area contributed by atoms with Gasteiger partial charge >= 0.3 is 23.9 Å². The maximum atomic E-state index is 10.6. The molecular formula is C24H38O9. The minimum absolute atomic E-state index is 0.0334. The number of aliphatic hydroxyl groups excluding tert-OH is 1. The van der Waals surface area contributed by atoms with Crippen LogP contribution in [0.1, 0.15) is 46.5 Å². The molecule has 0 aromatic rings. The lowest BCUT2D eigenvalue weighted by Crippen LogP contribution is -2.15. The van der Waals surface area contributed by atoms with Crippen LogP contribution >= 0.6 is 0 Å². The van der Waals surface area contributed by atoms with Crippen LogP contribution in [0.2, 0.25) is 0 Å². The second-order valence-corrected chi connectivity index (χ2v) is 6.66. The Labute approximate surface area is 196 Å². The van der Waals surface area contributed by atoms with Gasteiger partial charge < -0.3 is 24.1 Å². The van der Waals surface area contributed by atoms with E-state index in [1.807, 2.05) is 0 Å². The number of esters is 4.